The fraction of sp³-hybridized carbons (Fsp3) is 0.455. The molecule has 94 valence electrons. The number of thiazole rings is 1. The molecule has 2 aliphatic rings. The minimum absolute atomic E-state index is 0.129. The molecule has 4 amide bonds. The van der Waals surface area contributed by atoms with Crippen LogP contribution in [0.4, 0.5) is 4.79 Å². The minimum Gasteiger partial charge on any atom is -0.277 e. The van der Waals surface area contributed by atoms with Gasteiger partial charge in [0.15, 0.2) is 0 Å². The van der Waals surface area contributed by atoms with E-state index in [0.717, 1.165) is 9.91 Å². The zero-order valence-corrected chi connectivity index (χ0v) is 10.5. The third kappa shape index (κ3) is 1.54. The Hall–Kier alpha value is -1.76. The first kappa shape index (κ1) is 11.3. The molecule has 6 nitrogen and oxygen atoms in total. The van der Waals surface area contributed by atoms with Crippen LogP contribution in [0.25, 0.3) is 0 Å². The highest BCUT2D eigenvalue weighted by Crippen LogP contribution is 2.49. The fourth-order valence-corrected chi connectivity index (χ4v) is 2.69. The minimum atomic E-state index is -0.973. The van der Waals surface area contributed by atoms with Crippen LogP contribution >= 0.6 is 11.3 Å². The molecule has 1 N–H and O–H groups in total. The molecule has 0 aromatic carbocycles. The van der Waals surface area contributed by atoms with Gasteiger partial charge in [-0.2, -0.15) is 0 Å². The van der Waals surface area contributed by atoms with E-state index >= 15 is 0 Å². The molecule has 1 aliphatic heterocycles. The van der Waals surface area contributed by atoms with E-state index in [4.69, 9.17) is 0 Å². The summed E-state index contributed by atoms with van der Waals surface area (Å²) in [6.45, 7) is 1.99. The molecule has 2 fully saturated rings. The first-order valence-electron chi connectivity index (χ1n) is 5.61. The van der Waals surface area contributed by atoms with Crippen molar-refractivity contribution >= 4 is 29.2 Å². The van der Waals surface area contributed by atoms with Gasteiger partial charge in [0.25, 0.3) is 0 Å². The van der Waals surface area contributed by atoms with Gasteiger partial charge in [0.2, 0.25) is 11.8 Å². The first-order chi connectivity index (χ1) is 8.53. The summed E-state index contributed by atoms with van der Waals surface area (Å²) < 4.78 is 0. The summed E-state index contributed by atoms with van der Waals surface area (Å²) in [6.07, 6.45) is 1.05. The summed E-state index contributed by atoms with van der Waals surface area (Å²) in [4.78, 5) is 40.8. The second kappa shape index (κ2) is 3.61. The molecular weight excluding hydrogens is 254 g/mol. The molecule has 7 heteroatoms. The molecule has 1 saturated heterocycles. The van der Waals surface area contributed by atoms with Crippen molar-refractivity contribution in [1.82, 2.24) is 15.2 Å². The normalized spacial score (nSPS) is 21.4. The lowest BCUT2D eigenvalue weighted by atomic mass is 10.0. The zero-order valence-electron chi connectivity index (χ0n) is 9.73. The number of aryl methyl sites for hydroxylation is 1. The average Bonchev–Trinajstić information content (AvgIpc) is 3.02. The zero-order chi connectivity index (χ0) is 12.9. The quantitative estimate of drug-likeness (QED) is 0.802. The summed E-state index contributed by atoms with van der Waals surface area (Å²) in [6, 6.07) is -0.645. The van der Waals surface area contributed by atoms with Crippen LogP contribution in [0.2, 0.25) is 0 Å². The van der Waals surface area contributed by atoms with E-state index < -0.39 is 17.4 Å². The number of rotatable bonds is 2. The van der Waals surface area contributed by atoms with Crippen molar-refractivity contribution in [2.24, 2.45) is 5.41 Å². The summed E-state index contributed by atoms with van der Waals surface area (Å²) in [5, 5.41) is 4.94. The molecule has 1 spiro atoms. The predicted molar refractivity (Wildman–Crippen MR) is 62.6 cm³/mol. The van der Waals surface area contributed by atoms with Gasteiger partial charge in [0.1, 0.15) is 5.41 Å². The number of imide groups is 2. The SMILES string of the molecule is Cc1nc(CN2C(=O)NC(=O)C3(CC3)C2=O)cs1. The Bertz CT molecular complexity index is 562. The molecule has 1 aliphatic carbocycles. The van der Waals surface area contributed by atoms with E-state index in [1.165, 1.54) is 11.3 Å². The largest absolute Gasteiger partial charge is 0.331 e. The topological polar surface area (TPSA) is 79.4 Å². The summed E-state index contributed by atoms with van der Waals surface area (Å²) >= 11 is 1.46. The maximum Gasteiger partial charge on any atom is 0.331 e. The first-order valence-corrected chi connectivity index (χ1v) is 6.49. The molecule has 0 bridgehead atoms. The van der Waals surface area contributed by atoms with Crippen LogP contribution in [0.1, 0.15) is 23.5 Å². The van der Waals surface area contributed by atoms with Crippen molar-refractivity contribution in [3.8, 4) is 0 Å². The van der Waals surface area contributed by atoms with Crippen LogP contribution in [-0.2, 0) is 16.1 Å². The Kier molecular flexibility index (Phi) is 2.28. The number of carbonyl (C=O) groups excluding carboxylic acids is 3. The van der Waals surface area contributed by atoms with E-state index in [1.54, 1.807) is 0 Å². The molecule has 0 radical (unpaired) electrons. The van der Waals surface area contributed by atoms with Crippen LogP contribution in [0.15, 0.2) is 5.38 Å². The van der Waals surface area contributed by atoms with Gasteiger partial charge in [-0.25, -0.2) is 9.78 Å². The highest BCUT2D eigenvalue weighted by atomic mass is 32.1. The van der Waals surface area contributed by atoms with Crippen LogP contribution in [0, 0.1) is 12.3 Å². The average molecular weight is 265 g/mol. The van der Waals surface area contributed by atoms with Gasteiger partial charge < -0.3 is 0 Å². The van der Waals surface area contributed by atoms with Crippen molar-refractivity contribution in [1.29, 1.82) is 0 Å². The van der Waals surface area contributed by atoms with Crippen LogP contribution in [0.3, 0.4) is 0 Å². The van der Waals surface area contributed by atoms with Crippen LogP contribution in [-0.4, -0.2) is 27.7 Å². The number of hydrogen-bond acceptors (Lipinski definition) is 5. The number of nitrogens with one attached hydrogen (secondary N) is 1. The van der Waals surface area contributed by atoms with Crippen molar-refractivity contribution in [3.05, 3.63) is 16.1 Å². The third-order valence-electron chi connectivity index (χ3n) is 3.29. The number of aromatic nitrogens is 1. The van der Waals surface area contributed by atoms with Gasteiger partial charge in [-0.1, -0.05) is 0 Å². The Morgan fingerprint density at radius 1 is 1.44 bits per heavy atom. The third-order valence-corrected chi connectivity index (χ3v) is 4.11. The Morgan fingerprint density at radius 3 is 2.72 bits per heavy atom. The summed E-state index contributed by atoms with van der Waals surface area (Å²) in [7, 11) is 0. The van der Waals surface area contributed by atoms with Crippen molar-refractivity contribution in [3.63, 3.8) is 0 Å². The summed E-state index contributed by atoms with van der Waals surface area (Å²) in [5.74, 6) is -0.842. The second-order valence-corrected chi connectivity index (χ2v) is 5.65. The summed E-state index contributed by atoms with van der Waals surface area (Å²) in [5.41, 5.74) is -0.301. The van der Waals surface area contributed by atoms with Crippen LogP contribution in [0.5, 0.6) is 0 Å². The molecule has 0 unspecified atom stereocenters. The lowest BCUT2D eigenvalue weighted by Crippen LogP contribution is -2.58. The van der Waals surface area contributed by atoms with Gasteiger partial charge in [-0.05, 0) is 19.8 Å². The predicted octanol–water partition coefficient (Wildman–Crippen LogP) is 0.810. The van der Waals surface area contributed by atoms with Gasteiger partial charge >= 0.3 is 6.03 Å². The number of barbiturate groups is 1. The van der Waals surface area contributed by atoms with Gasteiger partial charge in [-0.15, -0.1) is 11.3 Å². The molecule has 1 saturated carbocycles. The lowest BCUT2D eigenvalue weighted by molar-refractivity contribution is -0.145. The highest BCUT2D eigenvalue weighted by molar-refractivity contribution is 7.09. The Labute approximate surface area is 107 Å². The maximum atomic E-state index is 12.2. The number of urea groups is 1. The van der Waals surface area contributed by atoms with E-state index in [-0.39, 0.29) is 12.5 Å². The van der Waals surface area contributed by atoms with Gasteiger partial charge in [0, 0.05) is 5.38 Å². The standard InChI is InChI=1S/C11H11N3O3S/c1-6-12-7(5-18-6)4-14-9(16)11(2-3-11)8(15)13-10(14)17/h5H,2-4H2,1H3,(H,13,15,17). The maximum absolute atomic E-state index is 12.2. The Balaban J connectivity index is 1.85. The number of carbonyl (C=O) groups is 3. The van der Waals surface area contributed by atoms with Crippen molar-refractivity contribution in [2.45, 2.75) is 26.3 Å². The van der Waals surface area contributed by atoms with Crippen LogP contribution < -0.4 is 5.32 Å². The molecule has 3 rings (SSSR count). The van der Waals surface area contributed by atoms with E-state index in [0.29, 0.717) is 18.5 Å². The monoisotopic (exact) mass is 265 g/mol. The lowest BCUT2D eigenvalue weighted by Gasteiger charge is -2.29. The smallest absolute Gasteiger partial charge is 0.277 e. The number of nitrogens with zero attached hydrogens (tertiary/aromatic N) is 2. The fourth-order valence-electron chi connectivity index (χ4n) is 2.08. The van der Waals surface area contributed by atoms with Gasteiger partial charge in [-0.3, -0.25) is 19.8 Å². The van der Waals surface area contributed by atoms with E-state index in [2.05, 4.69) is 10.3 Å². The highest BCUT2D eigenvalue weighted by Gasteiger charge is 2.62. The number of amides is 4. The van der Waals surface area contributed by atoms with E-state index in [9.17, 15) is 14.4 Å². The molecule has 2 heterocycles. The molecule has 18 heavy (non-hydrogen) atoms. The molecule has 1 aromatic rings. The molecule has 1 aromatic heterocycles. The molecular formula is C11H11N3O3S. The van der Waals surface area contributed by atoms with Crippen molar-refractivity contribution < 1.29 is 14.4 Å². The number of hydrogen-bond donors (Lipinski definition) is 1. The van der Waals surface area contributed by atoms with E-state index in [1.807, 2.05) is 12.3 Å². The van der Waals surface area contributed by atoms with Gasteiger partial charge in [0.05, 0.1) is 17.2 Å². The Morgan fingerprint density at radius 2 is 2.17 bits per heavy atom. The molecule has 0 atom stereocenters. The van der Waals surface area contributed by atoms with Crippen molar-refractivity contribution in [2.75, 3.05) is 0 Å². The second-order valence-electron chi connectivity index (χ2n) is 4.59.